The van der Waals surface area contributed by atoms with Crippen molar-refractivity contribution in [2.75, 3.05) is 14.2 Å². The Morgan fingerprint density at radius 3 is 2.12 bits per heavy atom. The summed E-state index contributed by atoms with van der Waals surface area (Å²) in [4.78, 5) is 10.8. The third-order valence-electron chi connectivity index (χ3n) is 2.02. The van der Waals surface area contributed by atoms with Gasteiger partial charge in [-0.2, -0.15) is 0 Å². The van der Waals surface area contributed by atoms with Gasteiger partial charge in [0.05, 0.1) is 19.8 Å². The lowest BCUT2D eigenvalue weighted by Crippen LogP contribution is -2.05. The highest BCUT2D eigenvalue weighted by Gasteiger charge is 2.21. The molecule has 0 radical (unpaired) electrons. The topological polar surface area (TPSA) is 55.8 Å². The molecule has 1 aromatic carbocycles. The summed E-state index contributed by atoms with van der Waals surface area (Å²) in [7, 11) is 2.58. The van der Waals surface area contributed by atoms with E-state index < -0.39 is 23.5 Å². The summed E-state index contributed by atoms with van der Waals surface area (Å²) in [6, 6.07) is 1.98. The lowest BCUT2D eigenvalue weighted by atomic mass is 10.1. The second-order valence-corrected chi connectivity index (χ2v) is 2.90. The number of rotatable bonds is 4. The standard InChI is InChI=1S/C10H10F2O4/c1-15-7-3-5(9(11)12)6(10(13)14)4-8(7)16-2/h3-4,9H,1-2H3,(H,13,14). The molecule has 1 N–H and O–H groups in total. The summed E-state index contributed by atoms with van der Waals surface area (Å²) >= 11 is 0. The molecule has 0 unspecified atom stereocenters. The van der Waals surface area contributed by atoms with Crippen LogP contribution in [0.5, 0.6) is 11.5 Å². The molecule has 0 aliphatic heterocycles. The van der Waals surface area contributed by atoms with Crippen molar-refractivity contribution >= 4 is 5.97 Å². The molecule has 4 nitrogen and oxygen atoms in total. The van der Waals surface area contributed by atoms with Crippen LogP contribution in [0.2, 0.25) is 0 Å². The Kier molecular flexibility index (Phi) is 3.65. The molecule has 1 rings (SSSR count). The molecule has 0 amide bonds. The molecular formula is C10H10F2O4. The van der Waals surface area contributed by atoms with E-state index in [0.717, 1.165) is 12.1 Å². The number of halogens is 2. The smallest absolute Gasteiger partial charge is 0.336 e. The molecule has 1 aromatic rings. The molecule has 0 saturated heterocycles. The van der Waals surface area contributed by atoms with Crippen LogP contribution in [-0.2, 0) is 0 Å². The molecule has 0 fully saturated rings. The SMILES string of the molecule is COc1cc(C(=O)O)c(C(F)F)cc1OC. The number of aromatic carboxylic acids is 1. The van der Waals surface area contributed by atoms with Gasteiger partial charge in [-0.15, -0.1) is 0 Å². The van der Waals surface area contributed by atoms with Crippen LogP contribution in [0.3, 0.4) is 0 Å². The normalized spacial score (nSPS) is 10.3. The number of carbonyl (C=O) groups is 1. The Balaban J connectivity index is 3.41. The fraction of sp³-hybridized carbons (Fsp3) is 0.300. The molecule has 0 aliphatic rings. The first-order valence-corrected chi connectivity index (χ1v) is 4.28. The predicted octanol–water partition coefficient (Wildman–Crippen LogP) is 2.34. The van der Waals surface area contributed by atoms with Gasteiger partial charge in [0, 0.05) is 5.56 Å². The highest BCUT2D eigenvalue weighted by atomic mass is 19.3. The number of hydrogen-bond acceptors (Lipinski definition) is 3. The van der Waals surface area contributed by atoms with Crippen LogP contribution in [0.25, 0.3) is 0 Å². The molecule has 0 heterocycles. The van der Waals surface area contributed by atoms with Crippen LogP contribution in [-0.4, -0.2) is 25.3 Å². The maximum atomic E-state index is 12.6. The van der Waals surface area contributed by atoms with E-state index in [1.165, 1.54) is 14.2 Å². The van der Waals surface area contributed by atoms with Gasteiger partial charge >= 0.3 is 5.97 Å². The number of ether oxygens (including phenoxy) is 2. The van der Waals surface area contributed by atoms with Crippen LogP contribution in [0.4, 0.5) is 8.78 Å². The van der Waals surface area contributed by atoms with Crippen molar-refractivity contribution < 1.29 is 28.2 Å². The van der Waals surface area contributed by atoms with Gasteiger partial charge in [0.25, 0.3) is 6.43 Å². The lowest BCUT2D eigenvalue weighted by Gasteiger charge is -2.12. The molecule has 0 bridgehead atoms. The third-order valence-corrected chi connectivity index (χ3v) is 2.02. The molecule has 16 heavy (non-hydrogen) atoms. The number of alkyl halides is 2. The van der Waals surface area contributed by atoms with E-state index in [1.54, 1.807) is 0 Å². The fourth-order valence-corrected chi connectivity index (χ4v) is 1.26. The van der Waals surface area contributed by atoms with E-state index in [9.17, 15) is 13.6 Å². The van der Waals surface area contributed by atoms with Gasteiger partial charge in [-0.3, -0.25) is 0 Å². The van der Waals surface area contributed by atoms with Crippen molar-refractivity contribution in [3.8, 4) is 11.5 Å². The van der Waals surface area contributed by atoms with Crippen LogP contribution >= 0.6 is 0 Å². The first kappa shape index (κ1) is 12.2. The number of hydrogen-bond donors (Lipinski definition) is 1. The van der Waals surface area contributed by atoms with Gasteiger partial charge < -0.3 is 14.6 Å². The number of methoxy groups -OCH3 is 2. The zero-order valence-corrected chi connectivity index (χ0v) is 8.66. The average Bonchev–Trinajstić information content (AvgIpc) is 2.26. The Morgan fingerprint density at radius 1 is 1.25 bits per heavy atom. The maximum absolute atomic E-state index is 12.6. The van der Waals surface area contributed by atoms with E-state index in [-0.39, 0.29) is 11.5 Å². The zero-order valence-electron chi connectivity index (χ0n) is 8.66. The van der Waals surface area contributed by atoms with Gasteiger partial charge in [-0.1, -0.05) is 0 Å². The van der Waals surface area contributed by atoms with Crippen molar-refractivity contribution in [3.05, 3.63) is 23.3 Å². The van der Waals surface area contributed by atoms with Gasteiger partial charge in [0.2, 0.25) is 0 Å². The fourth-order valence-electron chi connectivity index (χ4n) is 1.26. The molecular weight excluding hydrogens is 222 g/mol. The first-order chi connectivity index (χ1) is 7.51. The summed E-state index contributed by atoms with van der Waals surface area (Å²) in [5.74, 6) is -1.26. The number of carboxylic acids is 1. The van der Waals surface area contributed by atoms with Crippen LogP contribution in [0, 0.1) is 0 Å². The molecule has 0 aromatic heterocycles. The summed E-state index contributed by atoms with van der Waals surface area (Å²) in [5.41, 5.74) is -1.09. The Hall–Kier alpha value is -1.85. The quantitative estimate of drug-likeness (QED) is 0.865. The maximum Gasteiger partial charge on any atom is 0.336 e. The van der Waals surface area contributed by atoms with Crippen molar-refractivity contribution in [1.29, 1.82) is 0 Å². The van der Waals surface area contributed by atoms with Gasteiger partial charge in [0.1, 0.15) is 0 Å². The number of benzene rings is 1. The third kappa shape index (κ3) is 2.21. The van der Waals surface area contributed by atoms with Crippen LogP contribution < -0.4 is 9.47 Å². The van der Waals surface area contributed by atoms with Crippen molar-refractivity contribution in [3.63, 3.8) is 0 Å². The van der Waals surface area contributed by atoms with Crippen molar-refractivity contribution in [1.82, 2.24) is 0 Å². The molecule has 6 heteroatoms. The molecule has 0 spiro atoms. The Labute approximate surface area is 90.4 Å². The minimum Gasteiger partial charge on any atom is -0.493 e. The Morgan fingerprint density at radius 2 is 1.75 bits per heavy atom. The van der Waals surface area contributed by atoms with E-state index >= 15 is 0 Å². The summed E-state index contributed by atoms with van der Waals surface area (Å²) < 4.78 is 34.8. The summed E-state index contributed by atoms with van der Waals surface area (Å²) in [5, 5.41) is 8.77. The first-order valence-electron chi connectivity index (χ1n) is 4.28. The average molecular weight is 232 g/mol. The monoisotopic (exact) mass is 232 g/mol. The minimum atomic E-state index is -2.88. The largest absolute Gasteiger partial charge is 0.493 e. The Bertz CT molecular complexity index is 404. The van der Waals surface area contributed by atoms with Crippen molar-refractivity contribution in [2.45, 2.75) is 6.43 Å². The second kappa shape index (κ2) is 4.78. The highest BCUT2D eigenvalue weighted by molar-refractivity contribution is 5.90. The minimum absolute atomic E-state index is 0.0720. The van der Waals surface area contributed by atoms with E-state index in [2.05, 4.69) is 0 Å². The zero-order chi connectivity index (χ0) is 12.3. The summed E-state index contributed by atoms with van der Waals surface area (Å²) in [6.07, 6.45) is -2.88. The molecule has 88 valence electrons. The van der Waals surface area contributed by atoms with Gasteiger partial charge in [-0.05, 0) is 12.1 Å². The van der Waals surface area contributed by atoms with E-state index in [0.29, 0.717) is 0 Å². The molecule has 0 atom stereocenters. The van der Waals surface area contributed by atoms with Gasteiger partial charge in [0.15, 0.2) is 11.5 Å². The summed E-state index contributed by atoms with van der Waals surface area (Å²) in [6.45, 7) is 0. The highest BCUT2D eigenvalue weighted by Crippen LogP contribution is 2.34. The van der Waals surface area contributed by atoms with Gasteiger partial charge in [-0.25, -0.2) is 13.6 Å². The molecule has 0 aliphatic carbocycles. The van der Waals surface area contributed by atoms with Crippen LogP contribution in [0.1, 0.15) is 22.3 Å². The van der Waals surface area contributed by atoms with Crippen LogP contribution in [0.15, 0.2) is 12.1 Å². The lowest BCUT2D eigenvalue weighted by molar-refractivity contribution is 0.0684. The van der Waals surface area contributed by atoms with Crippen molar-refractivity contribution in [2.24, 2.45) is 0 Å². The van der Waals surface area contributed by atoms with E-state index in [4.69, 9.17) is 14.6 Å². The second-order valence-electron chi connectivity index (χ2n) is 2.90. The molecule has 0 saturated carbocycles. The predicted molar refractivity (Wildman–Crippen MR) is 51.5 cm³/mol. The van der Waals surface area contributed by atoms with E-state index in [1.807, 2.05) is 0 Å². The number of carboxylic acid groups (broad SMARTS) is 1.